The van der Waals surface area contributed by atoms with Gasteiger partial charge in [-0.05, 0) is 25.3 Å². The maximum atomic E-state index is 5.20. The average Bonchev–Trinajstić information content (AvgIpc) is 2.64. The average molecular weight is 200 g/mol. The Labute approximate surface area is 87.6 Å². The SMILES string of the molecule is COCC(NCC1CCCN1)C(C)C. The molecule has 0 spiro atoms. The lowest BCUT2D eigenvalue weighted by molar-refractivity contribution is 0.146. The maximum absolute atomic E-state index is 5.20. The Hall–Kier alpha value is -0.120. The fourth-order valence-electron chi connectivity index (χ4n) is 1.89. The lowest BCUT2D eigenvalue weighted by Gasteiger charge is -2.23. The minimum Gasteiger partial charge on any atom is -0.383 e. The minimum absolute atomic E-state index is 0.488. The fourth-order valence-corrected chi connectivity index (χ4v) is 1.89. The second-order valence-corrected chi connectivity index (χ2v) is 4.51. The molecule has 1 aliphatic rings. The van der Waals surface area contributed by atoms with E-state index < -0.39 is 0 Å². The fraction of sp³-hybridized carbons (Fsp3) is 1.00. The quantitative estimate of drug-likeness (QED) is 0.671. The Morgan fingerprint density at radius 1 is 1.50 bits per heavy atom. The Bertz CT molecular complexity index is 144. The first kappa shape index (κ1) is 12.0. The molecule has 3 nitrogen and oxygen atoms in total. The molecule has 2 unspecified atom stereocenters. The molecule has 0 bridgehead atoms. The van der Waals surface area contributed by atoms with Crippen LogP contribution < -0.4 is 10.6 Å². The van der Waals surface area contributed by atoms with Crippen LogP contribution in [0.5, 0.6) is 0 Å². The number of hydrogen-bond acceptors (Lipinski definition) is 3. The molecule has 1 heterocycles. The van der Waals surface area contributed by atoms with Crippen LogP contribution in [0.25, 0.3) is 0 Å². The van der Waals surface area contributed by atoms with Crippen molar-refractivity contribution >= 4 is 0 Å². The van der Waals surface area contributed by atoms with E-state index in [1.54, 1.807) is 7.11 Å². The molecule has 14 heavy (non-hydrogen) atoms. The van der Waals surface area contributed by atoms with Crippen molar-refractivity contribution in [3.05, 3.63) is 0 Å². The molecule has 1 saturated heterocycles. The highest BCUT2D eigenvalue weighted by Gasteiger charge is 2.17. The molecule has 0 amide bonds. The summed E-state index contributed by atoms with van der Waals surface area (Å²) in [5, 5.41) is 7.06. The van der Waals surface area contributed by atoms with Crippen molar-refractivity contribution < 1.29 is 4.74 Å². The van der Waals surface area contributed by atoms with Gasteiger partial charge in [-0.3, -0.25) is 0 Å². The van der Waals surface area contributed by atoms with Crippen molar-refractivity contribution in [2.24, 2.45) is 5.92 Å². The van der Waals surface area contributed by atoms with Crippen molar-refractivity contribution in [3.63, 3.8) is 0 Å². The first-order valence-electron chi connectivity index (χ1n) is 5.69. The van der Waals surface area contributed by atoms with Crippen molar-refractivity contribution in [2.75, 3.05) is 26.8 Å². The maximum Gasteiger partial charge on any atom is 0.0618 e. The highest BCUT2D eigenvalue weighted by Crippen LogP contribution is 2.06. The zero-order valence-electron chi connectivity index (χ0n) is 9.68. The Balaban J connectivity index is 2.17. The molecular weight excluding hydrogens is 176 g/mol. The molecule has 0 aromatic heterocycles. The largest absolute Gasteiger partial charge is 0.383 e. The highest BCUT2D eigenvalue weighted by atomic mass is 16.5. The van der Waals surface area contributed by atoms with E-state index >= 15 is 0 Å². The molecule has 84 valence electrons. The molecule has 2 atom stereocenters. The highest BCUT2D eigenvalue weighted by molar-refractivity contribution is 4.79. The van der Waals surface area contributed by atoms with Crippen LogP contribution in [-0.2, 0) is 4.74 Å². The van der Waals surface area contributed by atoms with Crippen molar-refractivity contribution in [1.82, 2.24) is 10.6 Å². The summed E-state index contributed by atoms with van der Waals surface area (Å²) in [6.45, 7) is 7.54. The topological polar surface area (TPSA) is 33.3 Å². The van der Waals surface area contributed by atoms with Gasteiger partial charge in [0.15, 0.2) is 0 Å². The van der Waals surface area contributed by atoms with E-state index in [9.17, 15) is 0 Å². The second kappa shape index (κ2) is 6.38. The van der Waals surface area contributed by atoms with Crippen LogP contribution in [0.3, 0.4) is 0 Å². The van der Waals surface area contributed by atoms with Crippen molar-refractivity contribution in [3.8, 4) is 0 Å². The first-order chi connectivity index (χ1) is 6.74. The molecule has 0 saturated carbocycles. The third kappa shape index (κ3) is 3.95. The summed E-state index contributed by atoms with van der Waals surface area (Å²) in [7, 11) is 1.77. The zero-order valence-corrected chi connectivity index (χ0v) is 9.68. The Kier molecular flexibility index (Phi) is 5.45. The predicted octanol–water partition coefficient (Wildman–Crippen LogP) is 0.999. The van der Waals surface area contributed by atoms with Gasteiger partial charge in [-0.2, -0.15) is 0 Å². The van der Waals surface area contributed by atoms with Crippen LogP contribution in [0, 0.1) is 5.92 Å². The van der Waals surface area contributed by atoms with E-state index in [1.165, 1.54) is 19.4 Å². The lowest BCUT2D eigenvalue weighted by atomic mass is 10.0. The van der Waals surface area contributed by atoms with E-state index in [1.807, 2.05) is 0 Å². The minimum atomic E-state index is 0.488. The van der Waals surface area contributed by atoms with Crippen LogP contribution >= 0.6 is 0 Å². The van der Waals surface area contributed by atoms with Crippen molar-refractivity contribution in [1.29, 1.82) is 0 Å². The van der Waals surface area contributed by atoms with Gasteiger partial charge >= 0.3 is 0 Å². The van der Waals surface area contributed by atoms with Crippen LogP contribution in [0.4, 0.5) is 0 Å². The number of nitrogens with one attached hydrogen (secondary N) is 2. The third-order valence-electron chi connectivity index (χ3n) is 2.94. The van der Waals surface area contributed by atoms with Gasteiger partial charge in [-0.1, -0.05) is 13.8 Å². The zero-order chi connectivity index (χ0) is 10.4. The molecular formula is C11H24N2O. The Morgan fingerprint density at radius 2 is 2.29 bits per heavy atom. The summed E-state index contributed by atoms with van der Waals surface area (Å²) in [6.07, 6.45) is 2.63. The summed E-state index contributed by atoms with van der Waals surface area (Å²) in [5.41, 5.74) is 0. The molecule has 1 aliphatic heterocycles. The summed E-state index contributed by atoms with van der Waals surface area (Å²) >= 11 is 0. The summed E-state index contributed by atoms with van der Waals surface area (Å²) < 4.78 is 5.20. The van der Waals surface area contributed by atoms with Gasteiger partial charge in [-0.25, -0.2) is 0 Å². The monoisotopic (exact) mass is 200 g/mol. The number of ether oxygens (including phenoxy) is 1. The first-order valence-corrected chi connectivity index (χ1v) is 5.69. The number of rotatable bonds is 6. The van der Waals surface area contributed by atoms with Crippen LogP contribution in [0.15, 0.2) is 0 Å². The normalized spacial score (nSPS) is 24.4. The van der Waals surface area contributed by atoms with E-state index in [0.717, 1.165) is 13.2 Å². The van der Waals surface area contributed by atoms with Gasteiger partial charge in [0.05, 0.1) is 6.61 Å². The Morgan fingerprint density at radius 3 is 2.79 bits per heavy atom. The summed E-state index contributed by atoms with van der Waals surface area (Å²) in [5.74, 6) is 0.636. The number of hydrogen-bond donors (Lipinski definition) is 2. The molecule has 3 heteroatoms. The van der Waals surface area contributed by atoms with Crippen LogP contribution in [0.1, 0.15) is 26.7 Å². The van der Waals surface area contributed by atoms with E-state index in [4.69, 9.17) is 4.74 Å². The lowest BCUT2D eigenvalue weighted by Crippen LogP contribution is -2.44. The van der Waals surface area contributed by atoms with Crippen molar-refractivity contribution in [2.45, 2.75) is 38.8 Å². The van der Waals surface area contributed by atoms with Gasteiger partial charge in [0.2, 0.25) is 0 Å². The molecule has 1 rings (SSSR count). The van der Waals surface area contributed by atoms with Gasteiger partial charge in [0.1, 0.15) is 0 Å². The van der Waals surface area contributed by atoms with Crippen LogP contribution in [0.2, 0.25) is 0 Å². The van der Waals surface area contributed by atoms with Gasteiger partial charge in [0, 0.05) is 25.7 Å². The molecule has 0 radical (unpaired) electrons. The van der Waals surface area contributed by atoms with Crippen LogP contribution in [-0.4, -0.2) is 38.9 Å². The molecule has 0 aliphatic carbocycles. The smallest absolute Gasteiger partial charge is 0.0618 e. The number of methoxy groups -OCH3 is 1. The predicted molar refractivity (Wildman–Crippen MR) is 59.5 cm³/mol. The summed E-state index contributed by atoms with van der Waals surface area (Å²) in [6, 6.07) is 1.16. The van der Waals surface area contributed by atoms with E-state index in [0.29, 0.717) is 18.0 Å². The third-order valence-corrected chi connectivity index (χ3v) is 2.94. The molecule has 0 aromatic rings. The van der Waals surface area contributed by atoms with Gasteiger partial charge in [-0.15, -0.1) is 0 Å². The molecule has 1 fully saturated rings. The second-order valence-electron chi connectivity index (χ2n) is 4.51. The standard InChI is InChI=1S/C11H24N2O/c1-9(2)11(8-14-3)13-7-10-5-4-6-12-10/h9-13H,4-8H2,1-3H3. The van der Waals surface area contributed by atoms with Gasteiger partial charge in [0.25, 0.3) is 0 Å². The molecule has 0 aromatic carbocycles. The summed E-state index contributed by atoms with van der Waals surface area (Å²) in [4.78, 5) is 0. The van der Waals surface area contributed by atoms with E-state index in [-0.39, 0.29) is 0 Å². The van der Waals surface area contributed by atoms with Gasteiger partial charge < -0.3 is 15.4 Å². The van der Waals surface area contributed by atoms with E-state index in [2.05, 4.69) is 24.5 Å². The molecule has 2 N–H and O–H groups in total.